The zero-order chi connectivity index (χ0) is 33.4. The lowest BCUT2D eigenvalue weighted by Crippen LogP contribution is -2.55. The number of hydrogen-bond donors (Lipinski definition) is 1. The summed E-state index contributed by atoms with van der Waals surface area (Å²) < 4.78 is 19.6. The molecule has 0 atom stereocenters. The van der Waals surface area contributed by atoms with Crippen LogP contribution in [0.3, 0.4) is 0 Å². The Bertz CT molecular complexity index is 1080. The van der Waals surface area contributed by atoms with Crippen LogP contribution in [0.5, 0.6) is 17.2 Å². The number of para-hydroxylation sites is 3. The van der Waals surface area contributed by atoms with E-state index in [9.17, 15) is 4.80 Å². The van der Waals surface area contributed by atoms with Crippen LogP contribution < -0.4 is 13.3 Å². The monoisotopic (exact) mass is 660 g/mol. The van der Waals surface area contributed by atoms with Crippen LogP contribution in [0.15, 0.2) is 72.8 Å². The molecule has 0 saturated carbocycles. The Morgan fingerprint density at radius 2 is 0.638 bits per heavy atom. The molecule has 5 heteroatoms. The third kappa shape index (κ3) is 15.3. The molecule has 0 radical (unpaired) electrons. The van der Waals surface area contributed by atoms with Crippen molar-refractivity contribution in [3.05, 3.63) is 89.5 Å². The summed E-state index contributed by atoms with van der Waals surface area (Å²) >= 11 is 0. The summed E-state index contributed by atoms with van der Waals surface area (Å²) in [6.07, 6.45) is 24.9. The van der Waals surface area contributed by atoms with Gasteiger partial charge in [-0.1, -0.05) is 172 Å². The molecule has 3 aromatic rings. The van der Waals surface area contributed by atoms with Crippen molar-refractivity contribution in [1.29, 1.82) is 0 Å². The largest absolute Gasteiger partial charge is 0.890 e. The van der Waals surface area contributed by atoms with E-state index in [1.807, 2.05) is 54.6 Å². The number of aryl methyl sites for hydroxylation is 3. The molecule has 0 fully saturated rings. The highest BCUT2D eigenvalue weighted by Crippen LogP contribution is 2.31. The normalized spacial score (nSPS) is 11.5. The van der Waals surface area contributed by atoms with Gasteiger partial charge in [0.05, 0.1) is 0 Å². The number of hydrogen-bond acceptors (Lipinski definition) is 4. The van der Waals surface area contributed by atoms with Gasteiger partial charge in [-0.3, -0.25) is 0 Å². The molecule has 0 aromatic heterocycles. The molecule has 1 N–H and O–H groups in total. The van der Waals surface area contributed by atoms with Crippen molar-refractivity contribution in [2.45, 2.75) is 156 Å². The van der Waals surface area contributed by atoms with E-state index >= 15 is 0 Å². The van der Waals surface area contributed by atoms with Gasteiger partial charge in [0, 0.05) is 0 Å². The molecule has 47 heavy (non-hydrogen) atoms. The highest BCUT2D eigenvalue weighted by Gasteiger charge is 2.51. The Kier molecular flexibility index (Phi) is 19.4. The molecule has 0 aliphatic heterocycles. The highest BCUT2D eigenvalue weighted by molar-refractivity contribution is 6.54. The number of rotatable bonds is 27. The molecule has 0 aliphatic rings. The summed E-state index contributed by atoms with van der Waals surface area (Å²) in [5, 5.41) is 0. The van der Waals surface area contributed by atoms with E-state index in [1.54, 1.807) is 0 Å². The van der Waals surface area contributed by atoms with Crippen molar-refractivity contribution in [2.24, 2.45) is 0 Å². The third-order valence-corrected chi connectivity index (χ3v) is 10.5. The first-order valence-corrected chi connectivity index (χ1v) is 20.8. The first-order chi connectivity index (χ1) is 23.1. The molecule has 0 amide bonds. The standard InChI is InChI=1S/C42H64O4Si/c1-4-7-10-13-16-19-28-37-31-22-25-34-40(37)44-47(43,45-41-35-26-23-32-38(41)29-20-17-14-11-8-5-2)46-42-36-27-24-33-39(42)30-21-18-15-12-9-6-3/h22-27,31-36,43H,4-21,28-30H2,1-3H3. The maximum atomic E-state index is 12.3. The van der Waals surface area contributed by atoms with Crippen molar-refractivity contribution in [2.75, 3.05) is 0 Å². The molecule has 3 rings (SSSR count). The van der Waals surface area contributed by atoms with Gasteiger partial charge in [0.2, 0.25) is 0 Å². The molecule has 0 aliphatic carbocycles. The Balaban J connectivity index is 1.81. The minimum Gasteiger partial charge on any atom is -0.462 e. The van der Waals surface area contributed by atoms with Crippen molar-refractivity contribution < 1.29 is 18.1 Å². The van der Waals surface area contributed by atoms with Crippen LogP contribution in [0.4, 0.5) is 0 Å². The molecule has 0 spiro atoms. The Morgan fingerprint density at radius 3 is 0.936 bits per heavy atom. The molecule has 260 valence electrons. The second-order valence-corrected chi connectivity index (χ2v) is 14.9. The quantitative estimate of drug-likeness (QED) is 0.0653. The van der Waals surface area contributed by atoms with Gasteiger partial charge in [0.15, 0.2) is 0 Å². The van der Waals surface area contributed by atoms with Crippen molar-refractivity contribution in [1.82, 2.24) is 0 Å². The lowest BCUT2D eigenvalue weighted by Gasteiger charge is -2.27. The molecular formula is C42H64O4Si. The van der Waals surface area contributed by atoms with Gasteiger partial charge in [-0.25, -0.2) is 0 Å². The predicted molar refractivity (Wildman–Crippen MR) is 200 cm³/mol. The van der Waals surface area contributed by atoms with Gasteiger partial charge >= 0.3 is 9.05 Å². The van der Waals surface area contributed by atoms with Crippen LogP contribution in [0.25, 0.3) is 0 Å². The highest BCUT2D eigenvalue weighted by atomic mass is 28.4. The van der Waals surface area contributed by atoms with Crippen LogP contribution >= 0.6 is 0 Å². The second kappa shape index (κ2) is 23.5. The van der Waals surface area contributed by atoms with E-state index < -0.39 is 9.05 Å². The van der Waals surface area contributed by atoms with E-state index in [1.165, 1.54) is 96.3 Å². The molecule has 3 aromatic carbocycles. The van der Waals surface area contributed by atoms with Gasteiger partial charge in [0.1, 0.15) is 17.2 Å². The maximum Gasteiger partial charge on any atom is 0.890 e. The van der Waals surface area contributed by atoms with E-state index in [2.05, 4.69) is 39.0 Å². The van der Waals surface area contributed by atoms with Gasteiger partial charge in [-0.15, -0.1) is 0 Å². The Labute approximate surface area is 288 Å². The van der Waals surface area contributed by atoms with E-state index in [-0.39, 0.29) is 0 Å². The Hall–Kier alpha value is -2.76. The summed E-state index contributed by atoms with van der Waals surface area (Å²) in [5.74, 6) is 1.95. The molecule has 4 nitrogen and oxygen atoms in total. The molecule has 0 saturated heterocycles. The van der Waals surface area contributed by atoms with Gasteiger partial charge < -0.3 is 18.1 Å². The maximum absolute atomic E-state index is 12.3. The van der Waals surface area contributed by atoms with Gasteiger partial charge in [0.25, 0.3) is 0 Å². The average Bonchev–Trinajstić information content (AvgIpc) is 3.08. The van der Waals surface area contributed by atoms with Crippen molar-refractivity contribution in [3.63, 3.8) is 0 Å². The third-order valence-electron chi connectivity index (χ3n) is 9.03. The van der Waals surface area contributed by atoms with E-state index in [0.29, 0.717) is 17.2 Å². The first kappa shape index (κ1) is 38.7. The van der Waals surface area contributed by atoms with Crippen molar-refractivity contribution >= 4 is 9.05 Å². The van der Waals surface area contributed by atoms with Crippen LogP contribution in [0.2, 0.25) is 0 Å². The smallest absolute Gasteiger partial charge is 0.462 e. The fourth-order valence-electron chi connectivity index (χ4n) is 6.20. The summed E-state index contributed by atoms with van der Waals surface area (Å²) in [4.78, 5) is 12.3. The minimum absolute atomic E-state index is 0.650. The molecular weight excluding hydrogens is 597 g/mol. The summed E-state index contributed by atoms with van der Waals surface area (Å²) in [7, 11) is -4.26. The molecule has 0 heterocycles. The zero-order valence-electron chi connectivity index (χ0n) is 29.9. The van der Waals surface area contributed by atoms with Crippen LogP contribution in [-0.2, 0) is 19.3 Å². The SMILES string of the molecule is CCCCCCCCc1ccccc1O[Si](O)(Oc1ccccc1CCCCCCCC)Oc1ccccc1CCCCCCCC. The summed E-state index contributed by atoms with van der Waals surface area (Å²) in [6, 6.07) is 24.2. The van der Waals surface area contributed by atoms with Gasteiger partial charge in [-0.05, 0) is 73.4 Å². The fraction of sp³-hybridized carbons (Fsp3) is 0.571. The number of benzene rings is 3. The zero-order valence-corrected chi connectivity index (χ0v) is 30.9. The fourth-order valence-corrected chi connectivity index (χ4v) is 7.75. The topological polar surface area (TPSA) is 47.9 Å². The molecule has 0 bridgehead atoms. The van der Waals surface area contributed by atoms with Crippen LogP contribution in [0.1, 0.15) is 153 Å². The lowest BCUT2D eigenvalue weighted by atomic mass is 10.0. The first-order valence-electron chi connectivity index (χ1n) is 19.1. The lowest BCUT2D eigenvalue weighted by molar-refractivity contribution is 0.148. The number of unbranched alkanes of at least 4 members (excludes halogenated alkanes) is 15. The average molecular weight is 661 g/mol. The Morgan fingerprint density at radius 1 is 0.383 bits per heavy atom. The van der Waals surface area contributed by atoms with E-state index in [0.717, 1.165) is 55.2 Å². The second-order valence-electron chi connectivity index (χ2n) is 13.2. The summed E-state index contributed by atoms with van der Waals surface area (Å²) in [5.41, 5.74) is 3.26. The van der Waals surface area contributed by atoms with E-state index in [4.69, 9.17) is 13.3 Å². The van der Waals surface area contributed by atoms with Crippen LogP contribution in [-0.4, -0.2) is 13.8 Å². The summed E-state index contributed by atoms with van der Waals surface area (Å²) in [6.45, 7) is 6.76. The predicted octanol–water partition coefficient (Wildman–Crippen LogP) is 12.4. The minimum atomic E-state index is -4.26. The van der Waals surface area contributed by atoms with Crippen LogP contribution in [0, 0.1) is 0 Å². The van der Waals surface area contributed by atoms with Crippen molar-refractivity contribution in [3.8, 4) is 17.2 Å². The van der Waals surface area contributed by atoms with Gasteiger partial charge in [-0.2, -0.15) is 0 Å². The molecule has 0 unspecified atom stereocenters.